The Morgan fingerprint density at radius 1 is 1.41 bits per heavy atom. The highest BCUT2D eigenvalue weighted by Gasteiger charge is 2.13. The third kappa shape index (κ3) is 2.55. The van der Waals surface area contributed by atoms with E-state index in [9.17, 15) is 4.39 Å². The van der Waals surface area contributed by atoms with Gasteiger partial charge in [-0.05, 0) is 18.2 Å². The molecule has 0 aliphatic rings. The van der Waals surface area contributed by atoms with Gasteiger partial charge in [0.05, 0.1) is 17.4 Å². The average Bonchev–Trinajstić information content (AvgIpc) is 2.84. The summed E-state index contributed by atoms with van der Waals surface area (Å²) in [6, 6.07) is 6.72. The Morgan fingerprint density at radius 2 is 2.18 bits per heavy atom. The molecule has 0 fully saturated rings. The number of hydrogen-bond donors (Lipinski definition) is 2. The molecule has 0 aliphatic heterocycles. The molecule has 0 amide bonds. The zero-order chi connectivity index (χ0) is 15.9. The van der Waals surface area contributed by atoms with Gasteiger partial charge in [0.1, 0.15) is 18.7 Å². The van der Waals surface area contributed by atoms with Gasteiger partial charge in [0.25, 0.3) is 0 Å². The summed E-state index contributed by atoms with van der Waals surface area (Å²) in [6.07, 6.45) is 5.84. The van der Waals surface area contributed by atoms with Gasteiger partial charge < -0.3 is 10.3 Å². The van der Waals surface area contributed by atoms with Crippen LogP contribution in [0.4, 0.5) is 4.39 Å². The van der Waals surface area contributed by atoms with Gasteiger partial charge in [-0.2, -0.15) is 0 Å². The topological polar surface area (TPSA) is 58.7 Å². The minimum absolute atomic E-state index is 0.203. The van der Waals surface area contributed by atoms with E-state index in [1.807, 2.05) is 46.9 Å². The summed E-state index contributed by atoms with van der Waals surface area (Å²) in [5.74, 6) is -0.660. The van der Waals surface area contributed by atoms with Gasteiger partial charge in [0.2, 0.25) is 0 Å². The van der Waals surface area contributed by atoms with Crippen molar-refractivity contribution in [3.8, 4) is 0 Å². The van der Waals surface area contributed by atoms with Crippen LogP contribution in [0.3, 0.4) is 0 Å². The molecule has 0 unspecified atom stereocenters. The molecule has 3 aromatic rings. The van der Waals surface area contributed by atoms with Gasteiger partial charge in [-0.1, -0.05) is 11.6 Å². The molecule has 0 aliphatic carbocycles. The lowest BCUT2D eigenvalue weighted by Crippen LogP contribution is -2.25. The number of nitrogens with one attached hydrogen (secondary N) is 1. The average molecular weight is 318 g/mol. The number of hydrogen-bond acceptors (Lipinski definition) is 1. The first kappa shape index (κ1) is 14.5. The van der Waals surface area contributed by atoms with Gasteiger partial charge in [-0.3, -0.25) is 5.41 Å². The van der Waals surface area contributed by atoms with E-state index in [4.69, 9.17) is 22.7 Å². The van der Waals surface area contributed by atoms with Crippen molar-refractivity contribution in [2.45, 2.75) is 6.54 Å². The van der Waals surface area contributed by atoms with Crippen molar-refractivity contribution >= 4 is 28.3 Å². The Kier molecular flexibility index (Phi) is 3.58. The number of halogens is 2. The highest BCUT2D eigenvalue weighted by Crippen LogP contribution is 2.24. The van der Waals surface area contributed by atoms with E-state index < -0.39 is 5.82 Å². The van der Waals surface area contributed by atoms with Crippen LogP contribution in [0.25, 0.3) is 10.9 Å². The van der Waals surface area contributed by atoms with Crippen LogP contribution in [0, 0.1) is 11.2 Å². The van der Waals surface area contributed by atoms with E-state index in [2.05, 4.69) is 0 Å². The molecule has 1 aromatic carbocycles. The Bertz CT molecular complexity index is 862. The molecule has 0 saturated carbocycles. The van der Waals surface area contributed by atoms with Gasteiger partial charge >= 0.3 is 0 Å². The lowest BCUT2D eigenvalue weighted by molar-refractivity contribution is -0.670. The minimum atomic E-state index is -0.457. The van der Waals surface area contributed by atoms with Crippen LogP contribution in [0.1, 0.15) is 11.1 Å². The molecule has 0 radical (unpaired) electrons. The van der Waals surface area contributed by atoms with Crippen molar-refractivity contribution in [1.82, 2.24) is 4.57 Å². The Labute approximate surface area is 132 Å². The number of fused-ring (bicyclic) bond motifs is 1. The summed E-state index contributed by atoms with van der Waals surface area (Å²) in [6.45, 7) is 0.320. The van der Waals surface area contributed by atoms with Crippen molar-refractivity contribution in [3.05, 3.63) is 64.8 Å². The highest BCUT2D eigenvalue weighted by molar-refractivity contribution is 6.31. The summed E-state index contributed by atoms with van der Waals surface area (Å²) in [5, 5.41) is 8.71. The number of amidine groups is 1. The molecule has 6 heteroatoms. The predicted molar refractivity (Wildman–Crippen MR) is 84.6 cm³/mol. The smallest absolute Gasteiger partial charge is 0.177 e. The zero-order valence-corrected chi connectivity index (χ0v) is 12.7. The number of pyridine rings is 1. The van der Waals surface area contributed by atoms with Crippen molar-refractivity contribution in [1.29, 1.82) is 5.41 Å². The summed E-state index contributed by atoms with van der Waals surface area (Å²) in [4.78, 5) is 0. The molecule has 0 saturated heterocycles. The standard InChI is InChI=1S/C16H15ClFN4/c1-21-4-3-15-10(8-21)2-5-22(15)9-12-13(17)6-11(16(19)20)7-14(12)18/h2-8H,9H2,1H3,(H3,19,20)/q+1. The first-order valence-electron chi connectivity index (χ1n) is 6.72. The lowest BCUT2D eigenvalue weighted by Gasteiger charge is -2.10. The molecule has 4 nitrogen and oxygen atoms in total. The van der Waals surface area contributed by atoms with Crippen molar-refractivity contribution in [2.75, 3.05) is 0 Å². The molecule has 0 spiro atoms. The molecular formula is C16H15ClFN4+. The second kappa shape index (κ2) is 5.42. The SMILES string of the molecule is C[n+]1ccc2c(ccn2Cc2c(F)cc(C(=N)N)cc2Cl)c1. The molecule has 0 bridgehead atoms. The number of aryl methyl sites for hydroxylation is 1. The summed E-state index contributed by atoms with van der Waals surface area (Å²) in [5.41, 5.74) is 7.05. The fraction of sp³-hybridized carbons (Fsp3) is 0.125. The second-order valence-corrected chi connectivity index (χ2v) is 5.63. The summed E-state index contributed by atoms with van der Waals surface area (Å²) < 4.78 is 18.2. The van der Waals surface area contributed by atoms with E-state index >= 15 is 0 Å². The maximum absolute atomic E-state index is 14.3. The lowest BCUT2D eigenvalue weighted by atomic mass is 10.1. The second-order valence-electron chi connectivity index (χ2n) is 5.23. The van der Waals surface area contributed by atoms with Crippen molar-refractivity contribution in [3.63, 3.8) is 0 Å². The van der Waals surface area contributed by atoms with Crippen LogP contribution in [0.5, 0.6) is 0 Å². The van der Waals surface area contributed by atoms with Crippen LogP contribution in [-0.2, 0) is 13.6 Å². The number of aromatic nitrogens is 2. The number of nitrogen functional groups attached to an aromatic ring is 1. The fourth-order valence-electron chi connectivity index (χ4n) is 2.47. The van der Waals surface area contributed by atoms with E-state index in [0.29, 0.717) is 12.1 Å². The van der Waals surface area contributed by atoms with Crippen LogP contribution >= 0.6 is 11.6 Å². The first-order chi connectivity index (χ1) is 10.5. The Morgan fingerprint density at radius 3 is 2.86 bits per heavy atom. The Hall–Kier alpha value is -2.40. The van der Waals surface area contributed by atoms with Gasteiger partial charge in [0.15, 0.2) is 12.4 Å². The number of rotatable bonds is 3. The van der Waals surface area contributed by atoms with Crippen LogP contribution in [0.2, 0.25) is 5.02 Å². The first-order valence-corrected chi connectivity index (χ1v) is 7.10. The number of benzene rings is 1. The molecule has 0 atom stereocenters. The zero-order valence-electron chi connectivity index (χ0n) is 12.0. The quantitative estimate of drug-likeness (QED) is 0.435. The van der Waals surface area contributed by atoms with Crippen LogP contribution in [0.15, 0.2) is 42.9 Å². The van der Waals surface area contributed by atoms with Gasteiger partial charge in [-0.25, -0.2) is 8.96 Å². The third-order valence-corrected chi connectivity index (χ3v) is 3.97. The third-order valence-electron chi connectivity index (χ3n) is 3.63. The monoisotopic (exact) mass is 317 g/mol. The molecule has 112 valence electrons. The minimum Gasteiger partial charge on any atom is -0.384 e. The molecule has 2 heterocycles. The number of nitrogens with two attached hydrogens (primary N) is 1. The predicted octanol–water partition coefficient (Wildman–Crippen LogP) is 2.59. The van der Waals surface area contributed by atoms with Crippen molar-refractivity contribution in [2.24, 2.45) is 12.8 Å². The van der Waals surface area contributed by atoms with E-state index in [-0.39, 0.29) is 16.4 Å². The summed E-state index contributed by atoms with van der Waals surface area (Å²) in [7, 11) is 1.95. The molecule has 22 heavy (non-hydrogen) atoms. The molecule has 3 rings (SSSR count). The summed E-state index contributed by atoms with van der Waals surface area (Å²) >= 11 is 6.16. The molecule has 3 N–H and O–H groups in total. The highest BCUT2D eigenvalue weighted by atomic mass is 35.5. The molecular weight excluding hydrogens is 303 g/mol. The van der Waals surface area contributed by atoms with Gasteiger partial charge in [0, 0.05) is 28.4 Å². The molecule has 2 aromatic heterocycles. The van der Waals surface area contributed by atoms with Crippen LogP contribution in [-0.4, -0.2) is 10.4 Å². The maximum atomic E-state index is 14.3. The normalized spacial score (nSPS) is 11.0. The van der Waals surface area contributed by atoms with E-state index in [1.165, 1.54) is 12.1 Å². The van der Waals surface area contributed by atoms with E-state index in [1.54, 1.807) is 0 Å². The van der Waals surface area contributed by atoms with Crippen LogP contribution < -0.4 is 10.3 Å². The van der Waals surface area contributed by atoms with E-state index in [0.717, 1.165) is 10.9 Å². The maximum Gasteiger partial charge on any atom is 0.177 e. The Balaban J connectivity index is 2.03. The van der Waals surface area contributed by atoms with Crippen molar-refractivity contribution < 1.29 is 8.96 Å². The van der Waals surface area contributed by atoms with Gasteiger partial charge in [-0.15, -0.1) is 0 Å². The largest absolute Gasteiger partial charge is 0.384 e. The number of nitrogens with zero attached hydrogens (tertiary/aromatic N) is 2. The fourth-order valence-corrected chi connectivity index (χ4v) is 2.74.